The molecule has 2 rings (SSSR count). The van der Waals surface area contributed by atoms with E-state index in [-0.39, 0.29) is 0 Å². The largest absolute Gasteiger partial charge is 0.354 e. The number of anilines is 1. The Bertz CT molecular complexity index is 546. The van der Waals surface area contributed by atoms with Crippen molar-refractivity contribution in [3.8, 4) is 0 Å². The Labute approximate surface area is 124 Å². The summed E-state index contributed by atoms with van der Waals surface area (Å²) in [7, 11) is 0. The monoisotopic (exact) mass is 293 g/mol. The molecule has 0 radical (unpaired) electrons. The molecule has 0 atom stereocenters. The number of hydrogen-bond donors (Lipinski definition) is 1. The lowest BCUT2D eigenvalue weighted by molar-refractivity contribution is 0.616. The summed E-state index contributed by atoms with van der Waals surface area (Å²) in [5.41, 5.74) is 1.07. The lowest BCUT2D eigenvalue weighted by Crippen LogP contribution is -2.06. The number of rotatable bonds is 8. The molecule has 0 aromatic carbocycles. The minimum absolute atomic E-state index is 0.341. The van der Waals surface area contributed by atoms with Gasteiger partial charge in [-0.3, -0.25) is 0 Å². The fourth-order valence-corrected chi connectivity index (χ4v) is 2.23. The van der Waals surface area contributed by atoms with Gasteiger partial charge in [-0.25, -0.2) is 9.97 Å². The molecule has 0 fully saturated rings. The molecule has 0 aliphatic rings. The van der Waals surface area contributed by atoms with Crippen LogP contribution in [0.2, 0.25) is 5.15 Å². The van der Waals surface area contributed by atoms with Gasteiger partial charge in [0.25, 0.3) is 0 Å². The maximum atomic E-state index is 6.07. The van der Waals surface area contributed by atoms with Crippen LogP contribution in [0.1, 0.15) is 45.4 Å². The smallest absolute Gasteiger partial charge is 0.226 e. The quantitative estimate of drug-likeness (QED) is 0.592. The zero-order chi connectivity index (χ0) is 14.2. The number of fused-ring (bicyclic) bond motifs is 1. The van der Waals surface area contributed by atoms with Crippen LogP contribution in [-0.2, 0) is 0 Å². The molecular weight excluding hydrogens is 274 g/mol. The van der Waals surface area contributed by atoms with Gasteiger partial charge in [-0.15, -0.1) is 0 Å². The van der Waals surface area contributed by atoms with Gasteiger partial charge >= 0.3 is 0 Å². The second-order valence-electron chi connectivity index (χ2n) is 4.76. The second kappa shape index (κ2) is 7.94. The van der Waals surface area contributed by atoms with Crippen LogP contribution in [0, 0.1) is 0 Å². The van der Waals surface area contributed by atoms with Crippen LogP contribution in [0.4, 0.5) is 5.95 Å². The van der Waals surface area contributed by atoms with Crippen molar-refractivity contribution in [2.24, 2.45) is 0 Å². The van der Waals surface area contributed by atoms with Crippen LogP contribution >= 0.6 is 11.6 Å². The highest BCUT2D eigenvalue weighted by molar-refractivity contribution is 6.33. The van der Waals surface area contributed by atoms with Gasteiger partial charge < -0.3 is 5.32 Å². The molecular formula is C14H20ClN5. The number of nitrogens with one attached hydrogen (secondary N) is 1. The van der Waals surface area contributed by atoms with Gasteiger partial charge in [0.15, 0.2) is 10.8 Å². The minimum Gasteiger partial charge on any atom is -0.354 e. The van der Waals surface area contributed by atoms with E-state index in [4.69, 9.17) is 11.6 Å². The first-order chi connectivity index (χ1) is 9.81. The molecule has 0 bridgehead atoms. The van der Waals surface area contributed by atoms with Gasteiger partial charge in [-0.2, -0.15) is 9.97 Å². The third kappa shape index (κ3) is 4.27. The van der Waals surface area contributed by atoms with Crippen LogP contribution < -0.4 is 5.32 Å². The maximum Gasteiger partial charge on any atom is 0.226 e. The van der Waals surface area contributed by atoms with Crippen molar-refractivity contribution >= 4 is 28.7 Å². The van der Waals surface area contributed by atoms with E-state index in [1.54, 1.807) is 12.4 Å². The number of hydrogen-bond acceptors (Lipinski definition) is 5. The molecule has 108 valence electrons. The van der Waals surface area contributed by atoms with Crippen molar-refractivity contribution in [3.63, 3.8) is 0 Å². The second-order valence-corrected chi connectivity index (χ2v) is 5.12. The van der Waals surface area contributed by atoms with E-state index >= 15 is 0 Å². The minimum atomic E-state index is 0.341. The van der Waals surface area contributed by atoms with Gasteiger partial charge in [-0.1, -0.05) is 50.6 Å². The predicted octanol–water partition coefficient (Wildman–Crippen LogP) is 3.85. The van der Waals surface area contributed by atoms with Gasteiger partial charge in [0.2, 0.25) is 5.95 Å². The first-order valence-electron chi connectivity index (χ1n) is 7.19. The lowest BCUT2D eigenvalue weighted by atomic mass is 10.1. The first-order valence-corrected chi connectivity index (χ1v) is 7.57. The van der Waals surface area contributed by atoms with Crippen molar-refractivity contribution in [1.82, 2.24) is 19.9 Å². The molecule has 1 N–H and O–H groups in total. The number of halogens is 1. The van der Waals surface area contributed by atoms with E-state index in [9.17, 15) is 0 Å². The van der Waals surface area contributed by atoms with Gasteiger partial charge in [0.1, 0.15) is 5.52 Å². The molecule has 20 heavy (non-hydrogen) atoms. The van der Waals surface area contributed by atoms with Crippen molar-refractivity contribution < 1.29 is 0 Å². The molecule has 6 heteroatoms. The highest BCUT2D eigenvalue weighted by atomic mass is 35.5. The zero-order valence-electron chi connectivity index (χ0n) is 11.8. The third-order valence-corrected chi connectivity index (χ3v) is 3.37. The molecule has 2 aromatic heterocycles. The Morgan fingerprint density at radius 3 is 2.60 bits per heavy atom. The van der Waals surface area contributed by atoms with Crippen LogP contribution in [0.3, 0.4) is 0 Å². The molecule has 0 saturated carbocycles. The fourth-order valence-electron chi connectivity index (χ4n) is 2.01. The van der Waals surface area contributed by atoms with Crippen molar-refractivity contribution in [2.45, 2.75) is 45.4 Å². The Kier molecular flexibility index (Phi) is 5.92. The van der Waals surface area contributed by atoms with E-state index in [2.05, 4.69) is 32.2 Å². The summed E-state index contributed by atoms with van der Waals surface area (Å²) in [5, 5.41) is 3.54. The van der Waals surface area contributed by atoms with Crippen LogP contribution in [0.15, 0.2) is 12.4 Å². The Hall–Kier alpha value is -1.49. The predicted molar refractivity (Wildman–Crippen MR) is 82.0 cm³/mol. The van der Waals surface area contributed by atoms with Crippen LogP contribution in [0.25, 0.3) is 11.2 Å². The molecule has 0 unspecified atom stereocenters. The fraction of sp³-hybridized carbons (Fsp3) is 0.571. The van der Waals surface area contributed by atoms with Crippen molar-refractivity contribution in [2.75, 3.05) is 11.9 Å². The van der Waals surface area contributed by atoms with E-state index in [0.29, 0.717) is 22.3 Å². The molecule has 2 heterocycles. The maximum absolute atomic E-state index is 6.07. The third-order valence-electron chi connectivity index (χ3n) is 3.10. The SMILES string of the molecule is CCCCCCCCNc1nc(Cl)c2nccnc2n1. The Morgan fingerprint density at radius 1 is 1.00 bits per heavy atom. The molecule has 0 saturated heterocycles. The molecule has 0 aliphatic carbocycles. The number of unbranched alkanes of at least 4 members (excludes halogenated alkanes) is 5. The van der Waals surface area contributed by atoms with E-state index in [1.165, 1.54) is 32.1 Å². The topological polar surface area (TPSA) is 63.6 Å². The average Bonchev–Trinajstić information content (AvgIpc) is 2.46. The summed E-state index contributed by atoms with van der Waals surface area (Å²) in [5.74, 6) is 0.525. The standard InChI is InChI=1S/C14H20ClN5/c1-2-3-4-5-6-7-8-18-14-19-12(15)11-13(20-14)17-10-9-16-11/h9-10H,2-8H2,1H3,(H,17,18,19,20). The normalized spacial score (nSPS) is 10.9. The van der Waals surface area contributed by atoms with Gasteiger partial charge in [-0.05, 0) is 6.42 Å². The molecule has 2 aromatic rings. The molecule has 0 spiro atoms. The summed E-state index contributed by atoms with van der Waals surface area (Å²) in [4.78, 5) is 16.7. The molecule has 0 amide bonds. The van der Waals surface area contributed by atoms with Gasteiger partial charge in [0.05, 0.1) is 0 Å². The van der Waals surface area contributed by atoms with E-state index in [1.807, 2.05) is 0 Å². The van der Waals surface area contributed by atoms with Crippen molar-refractivity contribution in [1.29, 1.82) is 0 Å². The van der Waals surface area contributed by atoms with Crippen molar-refractivity contribution in [3.05, 3.63) is 17.5 Å². The summed E-state index contributed by atoms with van der Waals surface area (Å²) >= 11 is 6.07. The summed E-state index contributed by atoms with van der Waals surface area (Å²) in [6, 6.07) is 0. The first kappa shape index (κ1) is 14.9. The van der Waals surface area contributed by atoms with E-state index in [0.717, 1.165) is 13.0 Å². The summed E-state index contributed by atoms with van der Waals surface area (Å²) in [6.45, 7) is 3.08. The lowest BCUT2D eigenvalue weighted by Gasteiger charge is -2.06. The van der Waals surface area contributed by atoms with Crippen LogP contribution in [0.5, 0.6) is 0 Å². The summed E-state index contributed by atoms with van der Waals surface area (Å²) < 4.78 is 0. The molecule has 5 nitrogen and oxygen atoms in total. The van der Waals surface area contributed by atoms with E-state index < -0.39 is 0 Å². The molecule has 0 aliphatic heterocycles. The Morgan fingerprint density at radius 2 is 1.75 bits per heavy atom. The highest BCUT2D eigenvalue weighted by Crippen LogP contribution is 2.17. The van der Waals surface area contributed by atoms with Gasteiger partial charge in [0, 0.05) is 18.9 Å². The number of nitrogens with zero attached hydrogens (tertiary/aromatic N) is 4. The number of aromatic nitrogens is 4. The average molecular weight is 294 g/mol. The summed E-state index contributed by atoms with van der Waals surface area (Å²) in [6.07, 6.45) is 10.8. The van der Waals surface area contributed by atoms with Crippen LogP contribution in [-0.4, -0.2) is 26.5 Å². The highest BCUT2D eigenvalue weighted by Gasteiger charge is 2.06. The Balaban J connectivity index is 1.81. The zero-order valence-corrected chi connectivity index (χ0v) is 12.5.